The Balaban J connectivity index is 1.82. The number of primary amides is 1. The molecule has 0 spiro atoms. The van der Waals surface area contributed by atoms with Crippen LogP contribution in [0.1, 0.15) is 17.2 Å². The van der Waals surface area contributed by atoms with Crippen molar-refractivity contribution < 1.29 is 4.79 Å². The van der Waals surface area contributed by atoms with Crippen molar-refractivity contribution in [3.8, 4) is 0 Å². The highest BCUT2D eigenvalue weighted by Crippen LogP contribution is 2.23. The molecule has 2 aromatic carbocycles. The first-order chi connectivity index (χ1) is 10.6. The smallest absolute Gasteiger partial charge is 0.239 e. The number of H-pyrrole nitrogens is 1. The van der Waals surface area contributed by atoms with Gasteiger partial charge in [-0.25, -0.2) is 0 Å². The van der Waals surface area contributed by atoms with E-state index in [4.69, 9.17) is 17.3 Å². The molecule has 5 heteroatoms. The van der Waals surface area contributed by atoms with Gasteiger partial charge >= 0.3 is 0 Å². The summed E-state index contributed by atoms with van der Waals surface area (Å²) in [6.07, 6.45) is 1.91. The number of hydrogen-bond donors (Lipinski definition) is 3. The van der Waals surface area contributed by atoms with Gasteiger partial charge in [0.2, 0.25) is 5.91 Å². The number of fused-ring (bicyclic) bond motifs is 1. The average Bonchev–Trinajstić information content (AvgIpc) is 2.91. The first-order valence-corrected chi connectivity index (χ1v) is 7.36. The Morgan fingerprint density at radius 3 is 2.73 bits per heavy atom. The van der Waals surface area contributed by atoms with Crippen LogP contribution in [0.15, 0.2) is 54.7 Å². The third-order valence-corrected chi connectivity index (χ3v) is 3.88. The van der Waals surface area contributed by atoms with Crippen LogP contribution in [-0.4, -0.2) is 10.9 Å². The molecule has 4 N–H and O–H groups in total. The Morgan fingerprint density at radius 1 is 1.23 bits per heavy atom. The lowest BCUT2D eigenvalue weighted by atomic mass is 10.1. The number of hydrogen-bond acceptors (Lipinski definition) is 2. The second-order valence-electron chi connectivity index (χ2n) is 5.13. The second-order valence-corrected chi connectivity index (χ2v) is 5.57. The van der Waals surface area contributed by atoms with Crippen molar-refractivity contribution in [2.24, 2.45) is 5.73 Å². The van der Waals surface area contributed by atoms with Gasteiger partial charge in [0, 0.05) is 28.7 Å². The molecule has 0 radical (unpaired) electrons. The molecule has 1 aromatic heterocycles. The van der Waals surface area contributed by atoms with Crippen LogP contribution in [0, 0.1) is 0 Å². The van der Waals surface area contributed by atoms with Crippen LogP contribution in [-0.2, 0) is 11.3 Å². The zero-order valence-corrected chi connectivity index (χ0v) is 12.6. The van der Waals surface area contributed by atoms with E-state index >= 15 is 0 Å². The molecule has 3 rings (SSSR count). The number of amides is 1. The van der Waals surface area contributed by atoms with Crippen LogP contribution in [0.3, 0.4) is 0 Å². The summed E-state index contributed by atoms with van der Waals surface area (Å²) in [4.78, 5) is 14.9. The molecule has 4 nitrogen and oxygen atoms in total. The number of benzene rings is 2. The van der Waals surface area contributed by atoms with E-state index in [0.29, 0.717) is 11.6 Å². The molecule has 0 bridgehead atoms. The highest BCUT2D eigenvalue weighted by Gasteiger charge is 2.17. The number of nitrogens with two attached hydrogens (primary N) is 1. The fraction of sp³-hybridized carbons (Fsp3) is 0.118. The lowest BCUT2D eigenvalue weighted by Crippen LogP contribution is -2.33. The van der Waals surface area contributed by atoms with Crippen molar-refractivity contribution in [1.29, 1.82) is 0 Å². The zero-order chi connectivity index (χ0) is 15.5. The Labute approximate surface area is 133 Å². The van der Waals surface area contributed by atoms with Crippen LogP contribution < -0.4 is 11.1 Å². The average molecular weight is 314 g/mol. The molecule has 0 saturated carbocycles. The molecule has 0 saturated heterocycles. The monoisotopic (exact) mass is 313 g/mol. The van der Waals surface area contributed by atoms with E-state index in [1.165, 1.54) is 0 Å². The molecule has 0 unspecified atom stereocenters. The number of halogens is 1. The summed E-state index contributed by atoms with van der Waals surface area (Å²) >= 11 is 6.05. The number of aromatic nitrogens is 1. The standard InChI is InChI=1S/C17H16ClN3O/c18-13-6-7-15-14(8-13)12(9-20-15)10-21-16(17(19)22)11-4-2-1-3-5-11/h1-9,16,20-21H,10H2,(H2,19,22)/t16-/m0/s1. The van der Waals surface area contributed by atoms with Gasteiger partial charge in [-0.3, -0.25) is 10.1 Å². The number of carbonyl (C=O) groups is 1. The van der Waals surface area contributed by atoms with Crippen molar-refractivity contribution in [1.82, 2.24) is 10.3 Å². The number of rotatable bonds is 5. The van der Waals surface area contributed by atoms with Crippen LogP contribution in [0.25, 0.3) is 10.9 Å². The quantitative estimate of drug-likeness (QED) is 0.677. The van der Waals surface area contributed by atoms with Gasteiger partial charge < -0.3 is 10.7 Å². The predicted molar refractivity (Wildman–Crippen MR) is 88.5 cm³/mol. The molecular weight excluding hydrogens is 298 g/mol. The van der Waals surface area contributed by atoms with Crippen LogP contribution in [0.4, 0.5) is 0 Å². The first-order valence-electron chi connectivity index (χ1n) is 6.98. The topological polar surface area (TPSA) is 70.9 Å². The maximum atomic E-state index is 11.7. The summed E-state index contributed by atoms with van der Waals surface area (Å²) in [5.41, 5.74) is 8.42. The summed E-state index contributed by atoms with van der Waals surface area (Å²) in [5, 5.41) is 4.93. The van der Waals surface area contributed by atoms with E-state index in [1.807, 2.05) is 54.7 Å². The molecule has 0 aliphatic heterocycles. The SMILES string of the molecule is NC(=O)[C@@H](NCc1c[nH]c2ccc(Cl)cc12)c1ccccc1. The maximum Gasteiger partial charge on any atom is 0.239 e. The number of nitrogens with one attached hydrogen (secondary N) is 2. The fourth-order valence-corrected chi connectivity index (χ4v) is 2.71. The van der Waals surface area contributed by atoms with Crippen molar-refractivity contribution in [2.45, 2.75) is 12.6 Å². The van der Waals surface area contributed by atoms with Crippen molar-refractivity contribution in [3.05, 3.63) is 70.9 Å². The minimum atomic E-state index is -0.523. The van der Waals surface area contributed by atoms with E-state index in [2.05, 4.69) is 10.3 Å². The molecule has 22 heavy (non-hydrogen) atoms. The zero-order valence-electron chi connectivity index (χ0n) is 11.8. The molecule has 1 atom stereocenters. The number of aromatic amines is 1. The van der Waals surface area contributed by atoms with E-state index in [0.717, 1.165) is 22.0 Å². The van der Waals surface area contributed by atoms with Gasteiger partial charge in [0.15, 0.2) is 0 Å². The Morgan fingerprint density at radius 2 is 2.00 bits per heavy atom. The van der Waals surface area contributed by atoms with Crippen LogP contribution >= 0.6 is 11.6 Å². The fourth-order valence-electron chi connectivity index (χ4n) is 2.54. The van der Waals surface area contributed by atoms with Crippen molar-refractivity contribution >= 4 is 28.4 Å². The van der Waals surface area contributed by atoms with Gasteiger partial charge in [-0.1, -0.05) is 41.9 Å². The van der Waals surface area contributed by atoms with Gasteiger partial charge in [-0.05, 0) is 29.3 Å². The summed E-state index contributed by atoms with van der Waals surface area (Å²) < 4.78 is 0. The molecule has 1 amide bonds. The van der Waals surface area contributed by atoms with E-state index in [1.54, 1.807) is 0 Å². The summed E-state index contributed by atoms with van der Waals surface area (Å²) in [5.74, 6) is -0.399. The predicted octanol–water partition coefficient (Wildman–Crippen LogP) is 3.14. The molecule has 0 aliphatic carbocycles. The lowest BCUT2D eigenvalue weighted by Gasteiger charge is -2.15. The van der Waals surface area contributed by atoms with Gasteiger partial charge in [-0.2, -0.15) is 0 Å². The minimum Gasteiger partial charge on any atom is -0.368 e. The third kappa shape index (κ3) is 2.98. The first kappa shape index (κ1) is 14.6. The summed E-state index contributed by atoms with van der Waals surface area (Å²) in [6.45, 7) is 0.517. The molecule has 1 heterocycles. The summed E-state index contributed by atoms with van der Waals surface area (Å²) in [6, 6.07) is 14.6. The van der Waals surface area contributed by atoms with E-state index in [-0.39, 0.29) is 0 Å². The largest absolute Gasteiger partial charge is 0.368 e. The number of carbonyl (C=O) groups excluding carboxylic acids is 1. The molecular formula is C17H16ClN3O. The second kappa shape index (κ2) is 6.22. The molecule has 3 aromatic rings. The minimum absolute atomic E-state index is 0.399. The Hall–Kier alpha value is -2.30. The third-order valence-electron chi connectivity index (χ3n) is 3.64. The van der Waals surface area contributed by atoms with Gasteiger partial charge in [-0.15, -0.1) is 0 Å². The van der Waals surface area contributed by atoms with Crippen molar-refractivity contribution in [2.75, 3.05) is 0 Å². The van der Waals surface area contributed by atoms with Gasteiger partial charge in [0.05, 0.1) is 0 Å². The van der Waals surface area contributed by atoms with E-state index < -0.39 is 11.9 Å². The summed E-state index contributed by atoms with van der Waals surface area (Å²) in [7, 11) is 0. The lowest BCUT2D eigenvalue weighted by molar-refractivity contribution is -0.120. The normalized spacial score (nSPS) is 12.4. The van der Waals surface area contributed by atoms with Crippen molar-refractivity contribution in [3.63, 3.8) is 0 Å². The van der Waals surface area contributed by atoms with E-state index in [9.17, 15) is 4.79 Å². The maximum absolute atomic E-state index is 11.7. The Bertz CT molecular complexity index is 798. The molecule has 0 fully saturated rings. The van der Waals surface area contributed by atoms with Crippen LogP contribution in [0.5, 0.6) is 0 Å². The highest BCUT2D eigenvalue weighted by molar-refractivity contribution is 6.31. The van der Waals surface area contributed by atoms with Gasteiger partial charge in [0.1, 0.15) is 6.04 Å². The van der Waals surface area contributed by atoms with Gasteiger partial charge in [0.25, 0.3) is 0 Å². The molecule has 112 valence electrons. The van der Waals surface area contributed by atoms with Crippen LogP contribution in [0.2, 0.25) is 5.02 Å². The highest BCUT2D eigenvalue weighted by atomic mass is 35.5. The molecule has 0 aliphatic rings. The Kier molecular flexibility index (Phi) is 4.13.